The van der Waals surface area contributed by atoms with E-state index in [9.17, 15) is 9.90 Å². The number of nitrogens with zero attached hydrogens (tertiary/aromatic N) is 1. The fourth-order valence-electron chi connectivity index (χ4n) is 2.63. The second-order valence-corrected chi connectivity index (χ2v) is 7.06. The van der Waals surface area contributed by atoms with Crippen molar-refractivity contribution in [1.82, 2.24) is 4.90 Å². The summed E-state index contributed by atoms with van der Waals surface area (Å²) in [6, 6.07) is 3.94. The van der Waals surface area contributed by atoms with Crippen molar-refractivity contribution in [3.8, 4) is 0 Å². The minimum atomic E-state index is -0.323. The number of carbonyl (C=O) groups is 1. The highest BCUT2D eigenvalue weighted by Gasteiger charge is 2.33. The molecule has 0 saturated carbocycles. The lowest BCUT2D eigenvalue weighted by atomic mass is 10.0. The summed E-state index contributed by atoms with van der Waals surface area (Å²) in [5.41, 5.74) is -0.323. The maximum Gasteiger partial charge on any atom is 0.186 e. The first-order valence-corrected chi connectivity index (χ1v) is 7.88. The van der Waals surface area contributed by atoms with Crippen LogP contribution in [0.4, 0.5) is 0 Å². The van der Waals surface area contributed by atoms with E-state index < -0.39 is 0 Å². The molecule has 0 amide bonds. The van der Waals surface area contributed by atoms with Gasteiger partial charge < -0.3 is 9.84 Å². The normalized spacial score (nSPS) is 22.9. The number of hydrogen-bond donors (Lipinski definition) is 1. The lowest BCUT2D eigenvalue weighted by molar-refractivity contribution is -0.146. The van der Waals surface area contributed by atoms with Crippen LogP contribution in [-0.4, -0.2) is 53.7 Å². The molecule has 1 aromatic heterocycles. The average molecular weight is 297 g/mol. The topological polar surface area (TPSA) is 49.8 Å². The van der Waals surface area contributed by atoms with Gasteiger partial charge in [-0.3, -0.25) is 9.69 Å². The molecule has 2 rings (SSSR count). The fraction of sp³-hybridized carbons (Fsp3) is 0.667. The Kier molecular flexibility index (Phi) is 4.96. The highest BCUT2D eigenvalue weighted by Crippen LogP contribution is 2.22. The number of Topliss-reactive ketones (excluding diaryl/α,β-unsaturated/α-hetero) is 1. The summed E-state index contributed by atoms with van der Waals surface area (Å²) in [5, 5.41) is 9.29. The summed E-state index contributed by atoms with van der Waals surface area (Å²) in [6.07, 6.45) is 0.760. The van der Waals surface area contributed by atoms with Gasteiger partial charge >= 0.3 is 0 Å². The van der Waals surface area contributed by atoms with Gasteiger partial charge in [-0.1, -0.05) is 6.92 Å². The predicted molar refractivity (Wildman–Crippen MR) is 80.5 cm³/mol. The maximum atomic E-state index is 12.3. The highest BCUT2D eigenvalue weighted by molar-refractivity contribution is 7.14. The van der Waals surface area contributed by atoms with E-state index in [1.165, 1.54) is 4.88 Å². The summed E-state index contributed by atoms with van der Waals surface area (Å²) < 4.78 is 5.76. The van der Waals surface area contributed by atoms with Crippen LogP contribution in [0.3, 0.4) is 0 Å². The van der Waals surface area contributed by atoms with Gasteiger partial charge in [-0.05, 0) is 32.4 Å². The smallest absolute Gasteiger partial charge is 0.186 e. The number of aryl methyl sites for hydroxylation is 1. The third-order valence-corrected chi connectivity index (χ3v) is 4.68. The van der Waals surface area contributed by atoms with E-state index in [2.05, 4.69) is 11.8 Å². The monoisotopic (exact) mass is 297 g/mol. The summed E-state index contributed by atoms with van der Waals surface area (Å²) in [4.78, 5) is 16.5. The van der Waals surface area contributed by atoms with E-state index in [4.69, 9.17) is 4.74 Å². The number of rotatable bonds is 5. The molecule has 20 heavy (non-hydrogen) atoms. The number of ketones is 1. The van der Waals surface area contributed by atoms with Crippen molar-refractivity contribution in [1.29, 1.82) is 0 Å². The van der Waals surface area contributed by atoms with Crippen molar-refractivity contribution in [2.24, 2.45) is 0 Å². The van der Waals surface area contributed by atoms with Crippen molar-refractivity contribution in [3.05, 3.63) is 21.9 Å². The molecule has 0 bridgehead atoms. The van der Waals surface area contributed by atoms with Crippen LogP contribution in [0.15, 0.2) is 12.1 Å². The summed E-state index contributed by atoms with van der Waals surface area (Å²) in [5.74, 6) is 0.157. The highest BCUT2D eigenvalue weighted by atomic mass is 32.1. The van der Waals surface area contributed by atoms with Gasteiger partial charge in [0.25, 0.3) is 0 Å². The van der Waals surface area contributed by atoms with Gasteiger partial charge in [-0.15, -0.1) is 11.3 Å². The molecule has 1 saturated heterocycles. The number of aliphatic hydroxyl groups excluding tert-OH is 1. The molecule has 1 aliphatic rings. The van der Waals surface area contributed by atoms with E-state index in [1.54, 1.807) is 11.3 Å². The number of morpholine rings is 1. The van der Waals surface area contributed by atoms with Gasteiger partial charge in [-0.25, -0.2) is 0 Å². The molecule has 112 valence electrons. The Labute approximate surface area is 124 Å². The molecule has 1 N–H and O–H groups in total. The Morgan fingerprint density at radius 1 is 1.55 bits per heavy atom. The largest absolute Gasteiger partial charge is 0.394 e. The molecular weight excluding hydrogens is 274 g/mol. The number of thiophene rings is 1. The summed E-state index contributed by atoms with van der Waals surface area (Å²) in [6.45, 7) is 7.79. The van der Waals surface area contributed by atoms with Crippen LogP contribution in [0.5, 0.6) is 0 Å². The van der Waals surface area contributed by atoms with Crippen molar-refractivity contribution >= 4 is 17.1 Å². The predicted octanol–water partition coefficient (Wildman–Crippen LogP) is 1.96. The number of aliphatic hydroxyl groups is 1. The van der Waals surface area contributed by atoms with Crippen LogP contribution >= 0.6 is 11.3 Å². The first-order chi connectivity index (χ1) is 9.43. The second kappa shape index (κ2) is 6.35. The molecule has 0 spiro atoms. The number of carbonyl (C=O) groups excluding carboxylic acids is 1. The minimum absolute atomic E-state index is 0.00684. The molecule has 0 aliphatic carbocycles. The standard InChI is InChI=1S/C15H23NO3S/c1-4-12-5-6-14(20-12)13(18)8-16-7-11(9-17)19-15(2,3)10-16/h5-6,11,17H,4,7-10H2,1-3H3. The zero-order valence-corrected chi connectivity index (χ0v) is 13.2. The van der Waals surface area contributed by atoms with Crippen LogP contribution < -0.4 is 0 Å². The number of hydrogen-bond acceptors (Lipinski definition) is 5. The Bertz CT molecular complexity index is 469. The van der Waals surface area contributed by atoms with E-state index in [0.717, 1.165) is 11.3 Å². The van der Waals surface area contributed by atoms with Crippen molar-refractivity contribution in [2.75, 3.05) is 26.2 Å². The van der Waals surface area contributed by atoms with Gasteiger partial charge in [0.05, 0.1) is 29.7 Å². The molecule has 0 aromatic carbocycles. The lowest BCUT2D eigenvalue weighted by Gasteiger charge is -2.42. The second-order valence-electron chi connectivity index (χ2n) is 5.89. The van der Waals surface area contributed by atoms with Crippen LogP contribution in [0.2, 0.25) is 0 Å². The maximum absolute atomic E-state index is 12.3. The van der Waals surface area contributed by atoms with Crippen molar-refractivity contribution in [2.45, 2.75) is 38.9 Å². The average Bonchev–Trinajstić information content (AvgIpc) is 2.85. The first-order valence-electron chi connectivity index (χ1n) is 7.06. The fourth-order valence-corrected chi connectivity index (χ4v) is 3.51. The molecule has 4 nitrogen and oxygen atoms in total. The Hall–Kier alpha value is -0.750. The zero-order chi connectivity index (χ0) is 14.8. The molecule has 1 aromatic rings. The first kappa shape index (κ1) is 15.6. The van der Waals surface area contributed by atoms with E-state index in [1.807, 2.05) is 26.0 Å². The van der Waals surface area contributed by atoms with Crippen molar-refractivity contribution < 1.29 is 14.6 Å². The third kappa shape index (κ3) is 3.88. The molecule has 0 radical (unpaired) electrons. The van der Waals surface area contributed by atoms with Crippen LogP contribution in [0, 0.1) is 0 Å². The van der Waals surface area contributed by atoms with Gasteiger partial charge in [0.1, 0.15) is 0 Å². The molecule has 1 fully saturated rings. The summed E-state index contributed by atoms with van der Waals surface area (Å²) >= 11 is 1.58. The lowest BCUT2D eigenvalue weighted by Crippen LogP contribution is -2.54. The molecular formula is C15H23NO3S. The Morgan fingerprint density at radius 3 is 2.90 bits per heavy atom. The molecule has 1 unspecified atom stereocenters. The quantitative estimate of drug-likeness (QED) is 0.844. The minimum Gasteiger partial charge on any atom is -0.394 e. The zero-order valence-electron chi connectivity index (χ0n) is 12.4. The van der Waals surface area contributed by atoms with Crippen LogP contribution in [0.25, 0.3) is 0 Å². The van der Waals surface area contributed by atoms with Crippen LogP contribution in [0.1, 0.15) is 35.3 Å². The molecule has 5 heteroatoms. The van der Waals surface area contributed by atoms with Gasteiger partial charge in [0.2, 0.25) is 0 Å². The summed E-state index contributed by atoms with van der Waals surface area (Å²) in [7, 11) is 0. The van der Waals surface area contributed by atoms with E-state index >= 15 is 0 Å². The number of ether oxygens (including phenoxy) is 1. The Balaban J connectivity index is 1.99. The third-order valence-electron chi connectivity index (χ3n) is 3.41. The Morgan fingerprint density at radius 2 is 2.30 bits per heavy atom. The van der Waals surface area contributed by atoms with Gasteiger partial charge in [-0.2, -0.15) is 0 Å². The van der Waals surface area contributed by atoms with E-state index in [0.29, 0.717) is 19.6 Å². The molecule has 1 aliphatic heterocycles. The molecule has 2 heterocycles. The van der Waals surface area contributed by atoms with Crippen LogP contribution in [-0.2, 0) is 11.2 Å². The van der Waals surface area contributed by atoms with Gasteiger partial charge in [0, 0.05) is 18.0 Å². The molecule has 1 atom stereocenters. The van der Waals surface area contributed by atoms with Crippen molar-refractivity contribution in [3.63, 3.8) is 0 Å². The van der Waals surface area contributed by atoms with Gasteiger partial charge in [0.15, 0.2) is 5.78 Å². The van der Waals surface area contributed by atoms with E-state index in [-0.39, 0.29) is 24.1 Å². The SMILES string of the molecule is CCc1ccc(C(=O)CN2CC(CO)OC(C)(C)C2)s1.